The van der Waals surface area contributed by atoms with Crippen LogP contribution >= 0.6 is 23.5 Å². The van der Waals surface area contributed by atoms with Gasteiger partial charge in [0.05, 0.1) is 11.1 Å². The fourth-order valence-corrected chi connectivity index (χ4v) is 5.06. The van der Waals surface area contributed by atoms with Crippen molar-refractivity contribution in [2.45, 2.75) is 26.8 Å². The fourth-order valence-electron chi connectivity index (χ4n) is 3.30. The topological polar surface area (TPSA) is 104 Å². The molecule has 0 aliphatic carbocycles. The maximum absolute atomic E-state index is 11.2. The average molecular weight is 400 g/mol. The van der Waals surface area contributed by atoms with Crippen LogP contribution in [0.3, 0.4) is 0 Å². The number of nitrogens with one attached hydrogen (secondary N) is 1. The lowest BCUT2D eigenvalue weighted by molar-refractivity contribution is -0.114. The highest BCUT2D eigenvalue weighted by molar-refractivity contribution is 8.14. The molecule has 0 unspecified atom stereocenters. The molecule has 0 bridgehead atoms. The third-order valence-electron chi connectivity index (χ3n) is 4.39. The number of benzene rings is 1. The first-order valence-corrected chi connectivity index (χ1v) is 10.7. The van der Waals surface area contributed by atoms with E-state index >= 15 is 0 Å². The summed E-state index contributed by atoms with van der Waals surface area (Å²) in [6.45, 7) is 5.57. The van der Waals surface area contributed by atoms with E-state index in [-0.39, 0.29) is 5.91 Å². The highest BCUT2D eigenvalue weighted by Gasteiger charge is 2.57. The Labute approximate surface area is 167 Å². The lowest BCUT2D eigenvalue weighted by Crippen LogP contribution is -2.38. The Morgan fingerprint density at radius 1 is 1.30 bits per heavy atom. The predicted molar refractivity (Wildman–Crippen MR) is 114 cm³/mol. The minimum atomic E-state index is -1.06. The molecule has 0 aromatic heterocycles. The molecule has 2 aliphatic rings. The summed E-state index contributed by atoms with van der Waals surface area (Å²) < 4.78 is 0. The summed E-state index contributed by atoms with van der Waals surface area (Å²) in [5.74, 6) is 1.87. The summed E-state index contributed by atoms with van der Waals surface area (Å²) in [5.41, 5.74) is 7.65. The van der Waals surface area contributed by atoms with Crippen molar-refractivity contribution in [1.29, 1.82) is 5.26 Å². The van der Waals surface area contributed by atoms with Gasteiger partial charge < -0.3 is 11.1 Å². The Morgan fingerprint density at radius 3 is 2.52 bits per heavy atom. The first-order valence-electron chi connectivity index (χ1n) is 8.69. The highest BCUT2D eigenvalue weighted by Crippen LogP contribution is 2.56. The zero-order valence-corrected chi connectivity index (χ0v) is 17.1. The second-order valence-corrected chi connectivity index (χ2v) is 8.61. The van der Waals surface area contributed by atoms with Crippen LogP contribution in [0.4, 0.5) is 5.69 Å². The molecule has 6 nitrogen and oxygen atoms in total. The molecule has 2 heterocycles. The van der Waals surface area contributed by atoms with Gasteiger partial charge in [-0.3, -0.25) is 9.79 Å². The number of carbonyl (C=O) groups excluding carboxylic acids is 1. The van der Waals surface area contributed by atoms with E-state index < -0.39 is 11.5 Å². The molecule has 0 saturated heterocycles. The number of thioether (sulfide) groups is 2. The number of hydrogen-bond donors (Lipinski definition) is 2. The normalized spacial score (nSPS) is 23.6. The van der Waals surface area contributed by atoms with Gasteiger partial charge in [0, 0.05) is 18.2 Å². The third-order valence-corrected chi connectivity index (χ3v) is 6.12. The van der Waals surface area contributed by atoms with Gasteiger partial charge >= 0.3 is 0 Å². The number of anilines is 1. The monoisotopic (exact) mass is 399 g/mol. The van der Waals surface area contributed by atoms with E-state index in [4.69, 9.17) is 10.7 Å². The Hall–Kier alpha value is -2.24. The highest BCUT2D eigenvalue weighted by atomic mass is 32.2. The zero-order valence-electron chi connectivity index (χ0n) is 15.4. The molecule has 0 fully saturated rings. The van der Waals surface area contributed by atoms with Crippen LogP contribution in [0, 0.1) is 16.7 Å². The van der Waals surface area contributed by atoms with Crippen LogP contribution < -0.4 is 11.1 Å². The van der Waals surface area contributed by atoms with Gasteiger partial charge in [-0.2, -0.15) is 5.26 Å². The van der Waals surface area contributed by atoms with Crippen LogP contribution in [-0.4, -0.2) is 28.3 Å². The molecule has 140 valence electrons. The molecule has 3 N–H and O–H groups in total. The quantitative estimate of drug-likeness (QED) is 0.786. The first kappa shape index (κ1) is 19.5. The number of fused-ring (bicyclic) bond motifs is 1. The van der Waals surface area contributed by atoms with E-state index in [1.165, 1.54) is 6.92 Å². The molecule has 2 atom stereocenters. The van der Waals surface area contributed by atoms with Crippen molar-refractivity contribution in [2.24, 2.45) is 21.1 Å². The molecule has 3 rings (SSSR count). The number of nitriles is 1. The number of amidine groups is 1. The largest absolute Gasteiger partial charge is 0.385 e. The number of amides is 1. The lowest BCUT2D eigenvalue weighted by Gasteiger charge is -2.25. The van der Waals surface area contributed by atoms with Gasteiger partial charge in [0.25, 0.3) is 0 Å². The Morgan fingerprint density at radius 2 is 1.96 bits per heavy atom. The SMILES string of the molecule is CCSC1=N[C@H](c2ccc(NC(C)=O)cc2)[C@]2(C#N)C(N)=NC(SCC)=C12. The summed E-state index contributed by atoms with van der Waals surface area (Å²) in [5, 5.41) is 14.6. The number of rotatable bonds is 5. The van der Waals surface area contributed by atoms with Crippen molar-refractivity contribution in [3.05, 3.63) is 40.4 Å². The number of hydrogen-bond acceptors (Lipinski definition) is 7. The predicted octanol–water partition coefficient (Wildman–Crippen LogP) is 3.70. The van der Waals surface area contributed by atoms with Crippen LogP contribution in [0.5, 0.6) is 0 Å². The summed E-state index contributed by atoms with van der Waals surface area (Å²) in [6.07, 6.45) is 0. The van der Waals surface area contributed by atoms with Crippen molar-refractivity contribution >= 4 is 46.0 Å². The van der Waals surface area contributed by atoms with Crippen molar-refractivity contribution in [2.75, 3.05) is 16.8 Å². The zero-order chi connectivity index (χ0) is 19.6. The Kier molecular flexibility index (Phi) is 5.63. The van der Waals surface area contributed by atoms with Crippen LogP contribution in [0.15, 0.2) is 44.9 Å². The average Bonchev–Trinajstić information content (AvgIpc) is 3.10. The van der Waals surface area contributed by atoms with Crippen LogP contribution in [0.2, 0.25) is 0 Å². The van der Waals surface area contributed by atoms with Crippen molar-refractivity contribution in [3.63, 3.8) is 0 Å². The summed E-state index contributed by atoms with van der Waals surface area (Å²) in [4.78, 5) is 20.7. The van der Waals surface area contributed by atoms with E-state index in [1.807, 2.05) is 31.2 Å². The molecule has 1 aromatic carbocycles. The van der Waals surface area contributed by atoms with Gasteiger partial charge in [-0.15, -0.1) is 23.5 Å². The molecule has 0 spiro atoms. The second-order valence-electron chi connectivity index (χ2n) is 6.10. The standard InChI is InChI=1S/C19H21N5OS2/c1-4-26-16-14-17(27-5-2)24-18(21)19(14,10-20)15(23-16)12-6-8-13(9-7-12)22-11(3)25/h6-9,15H,4-5H2,1-3H3,(H2,21,24)(H,22,25)/t15-,19-/m1/s1. The van der Waals surface area contributed by atoms with E-state index in [1.54, 1.807) is 23.5 Å². The molecule has 27 heavy (non-hydrogen) atoms. The van der Waals surface area contributed by atoms with Gasteiger partial charge in [-0.1, -0.05) is 26.0 Å². The van der Waals surface area contributed by atoms with Gasteiger partial charge in [0.15, 0.2) is 5.41 Å². The molecule has 1 amide bonds. The molecule has 0 saturated carbocycles. The minimum Gasteiger partial charge on any atom is -0.385 e. The van der Waals surface area contributed by atoms with Gasteiger partial charge in [-0.25, -0.2) is 4.99 Å². The maximum Gasteiger partial charge on any atom is 0.221 e. The van der Waals surface area contributed by atoms with E-state index in [9.17, 15) is 10.1 Å². The van der Waals surface area contributed by atoms with Crippen molar-refractivity contribution in [3.8, 4) is 6.07 Å². The van der Waals surface area contributed by atoms with Crippen molar-refractivity contribution < 1.29 is 4.79 Å². The van der Waals surface area contributed by atoms with Crippen LogP contribution in [-0.2, 0) is 4.79 Å². The minimum absolute atomic E-state index is 0.129. The van der Waals surface area contributed by atoms with E-state index in [2.05, 4.69) is 23.3 Å². The number of aliphatic imine (C=N–C) groups is 2. The molecule has 2 aliphatic heterocycles. The van der Waals surface area contributed by atoms with Gasteiger partial charge in [0.1, 0.15) is 16.9 Å². The van der Waals surface area contributed by atoms with Gasteiger partial charge in [-0.05, 0) is 29.2 Å². The summed E-state index contributed by atoms with van der Waals surface area (Å²) in [7, 11) is 0. The van der Waals surface area contributed by atoms with Crippen molar-refractivity contribution in [1.82, 2.24) is 0 Å². The first-order chi connectivity index (χ1) is 13.0. The third kappa shape index (κ3) is 3.26. The summed E-state index contributed by atoms with van der Waals surface area (Å²) in [6, 6.07) is 9.39. The molecular weight excluding hydrogens is 378 g/mol. The van der Waals surface area contributed by atoms with Crippen LogP contribution in [0.1, 0.15) is 32.4 Å². The second kappa shape index (κ2) is 7.79. The van der Waals surface area contributed by atoms with E-state index in [0.29, 0.717) is 11.5 Å². The molecule has 1 aromatic rings. The number of nitrogens with zero attached hydrogens (tertiary/aromatic N) is 3. The molecular formula is C19H21N5OS2. The maximum atomic E-state index is 11.2. The number of carbonyl (C=O) groups is 1. The smallest absolute Gasteiger partial charge is 0.221 e. The fraction of sp³-hybridized carbons (Fsp3) is 0.368. The Bertz CT molecular complexity index is 898. The van der Waals surface area contributed by atoms with Gasteiger partial charge in [0.2, 0.25) is 5.91 Å². The molecule has 8 heteroatoms. The van der Waals surface area contributed by atoms with E-state index in [0.717, 1.165) is 32.7 Å². The lowest BCUT2D eigenvalue weighted by atomic mass is 9.75. The summed E-state index contributed by atoms with van der Waals surface area (Å²) >= 11 is 3.20. The molecule has 0 radical (unpaired) electrons. The van der Waals surface area contributed by atoms with Crippen LogP contribution in [0.25, 0.3) is 0 Å². The number of nitrogens with two attached hydrogens (primary N) is 1. The Balaban J connectivity index is 2.09.